The number of nitrogens with zero attached hydrogens (tertiary/aromatic N) is 3. The van der Waals surface area contributed by atoms with Crippen LogP contribution in [0.1, 0.15) is 53.5 Å². The van der Waals surface area contributed by atoms with Gasteiger partial charge in [-0.15, -0.1) is 5.10 Å². The lowest BCUT2D eigenvalue weighted by Gasteiger charge is -2.31. The summed E-state index contributed by atoms with van der Waals surface area (Å²) in [4.78, 5) is 28.4. The normalized spacial score (nSPS) is 15.1. The molecule has 2 heterocycles. The molecule has 4 rings (SSSR count). The van der Waals surface area contributed by atoms with E-state index in [1.54, 1.807) is 29.6 Å². The molecule has 0 aliphatic heterocycles. The molecule has 0 spiro atoms. The van der Waals surface area contributed by atoms with E-state index < -0.39 is 11.9 Å². The first-order valence-corrected chi connectivity index (χ1v) is 11.0. The van der Waals surface area contributed by atoms with Crippen LogP contribution >= 0.6 is 23.1 Å². The van der Waals surface area contributed by atoms with E-state index in [1.807, 2.05) is 13.0 Å². The molecule has 1 aliphatic rings. The van der Waals surface area contributed by atoms with Crippen LogP contribution in [0.3, 0.4) is 0 Å². The number of anilines is 1. The van der Waals surface area contributed by atoms with Crippen molar-refractivity contribution in [2.45, 2.75) is 44.7 Å². The minimum absolute atomic E-state index is 0.0910. The molecule has 1 atom stereocenters. The molecule has 2 amide bonds. The molecular formula is C21H21ClN4O3S. The van der Waals surface area contributed by atoms with Gasteiger partial charge in [-0.1, -0.05) is 35.0 Å². The number of aromatic nitrogens is 2. The number of nitrogens with one attached hydrogen (secondary N) is 1. The van der Waals surface area contributed by atoms with Crippen LogP contribution in [-0.2, 0) is 4.79 Å². The third-order valence-electron chi connectivity index (χ3n) is 5.25. The lowest BCUT2D eigenvalue weighted by Crippen LogP contribution is -2.46. The van der Waals surface area contributed by atoms with Crippen LogP contribution in [0.2, 0.25) is 5.02 Å². The molecule has 0 radical (unpaired) electrons. The second-order valence-corrected chi connectivity index (χ2v) is 8.35. The average Bonchev–Trinajstić information content (AvgIpc) is 3.50. The average molecular weight is 445 g/mol. The van der Waals surface area contributed by atoms with Gasteiger partial charge in [0, 0.05) is 22.1 Å². The summed E-state index contributed by atoms with van der Waals surface area (Å²) in [7, 11) is 0. The van der Waals surface area contributed by atoms with Crippen molar-refractivity contribution in [1.82, 2.24) is 14.9 Å². The number of hydrogen-bond acceptors (Lipinski definition) is 6. The van der Waals surface area contributed by atoms with Gasteiger partial charge < -0.3 is 9.73 Å². The highest BCUT2D eigenvalue weighted by molar-refractivity contribution is 7.03. The Kier molecular flexibility index (Phi) is 6.15. The Balaban J connectivity index is 1.81. The molecule has 1 N–H and O–H groups in total. The summed E-state index contributed by atoms with van der Waals surface area (Å²) < 4.78 is 9.40. The van der Waals surface area contributed by atoms with Crippen molar-refractivity contribution in [3.8, 4) is 0 Å². The van der Waals surface area contributed by atoms with Gasteiger partial charge >= 0.3 is 0 Å². The lowest BCUT2D eigenvalue weighted by atomic mass is 10.1. The van der Waals surface area contributed by atoms with Crippen LogP contribution in [-0.4, -0.2) is 27.4 Å². The van der Waals surface area contributed by atoms with Crippen molar-refractivity contribution in [3.05, 3.63) is 64.0 Å². The van der Waals surface area contributed by atoms with Crippen LogP contribution in [0, 0.1) is 6.92 Å². The van der Waals surface area contributed by atoms with Crippen LogP contribution in [0.4, 0.5) is 5.69 Å². The van der Waals surface area contributed by atoms with Gasteiger partial charge in [0.1, 0.15) is 5.76 Å². The van der Waals surface area contributed by atoms with Crippen LogP contribution in [0.25, 0.3) is 0 Å². The van der Waals surface area contributed by atoms with E-state index >= 15 is 0 Å². The molecule has 1 aromatic carbocycles. The topological polar surface area (TPSA) is 88.3 Å². The third-order valence-corrected chi connectivity index (χ3v) is 5.99. The van der Waals surface area contributed by atoms with Crippen LogP contribution in [0.15, 0.2) is 46.4 Å². The molecule has 3 aromatic rings. The van der Waals surface area contributed by atoms with Gasteiger partial charge in [0.25, 0.3) is 11.8 Å². The van der Waals surface area contributed by atoms with Crippen molar-refractivity contribution in [2.24, 2.45) is 0 Å². The monoisotopic (exact) mass is 444 g/mol. The van der Waals surface area contributed by atoms with Crippen LogP contribution in [0.5, 0.6) is 0 Å². The summed E-state index contributed by atoms with van der Waals surface area (Å²) in [5.74, 6) is -0.383. The van der Waals surface area contributed by atoms with E-state index in [0.717, 1.165) is 42.8 Å². The molecule has 30 heavy (non-hydrogen) atoms. The number of aryl methyl sites for hydroxylation is 1. The second kappa shape index (κ2) is 8.97. The van der Waals surface area contributed by atoms with Gasteiger partial charge in [-0.25, -0.2) is 0 Å². The van der Waals surface area contributed by atoms with Gasteiger partial charge in [0.05, 0.1) is 6.26 Å². The van der Waals surface area contributed by atoms with Crippen molar-refractivity contribution in [1.29, 1.82) is 0 Å². The van der Waals surface area contributed by atoms with Gasteiger partial charge in [0.2, 0.25) is 0 Å². The van der Waals surface area contributed by atoms with Crippen molar-refractivity contribution >= 4 is 40.6 Å². The van der Waals surface area contributed by atoms with Crippen molar-refractivity contribution in [2.75, 3.05) is 4.90 Å². The summed E-state index contributed by atoms with van der Waals surface area (Å²) in [5.41, 5.74) is 1.47. The fourth-order valence-electron chi connectivity index (χ4n) is 3.76. The fourth-order valence-corrected chi connectivity index (χ4v) is 4.36. The number of carbonyl (C=O) groups is 2. The zero-order valence-electron chi connectivity index (χ0n) is 16.4. The van der Waals surface area contributed by atoms with E-state index in [4.69, 9.17) is 16.0 Å². The Morgan fingerprint density at radius 2 is 2.10 bits per heavy atom. The number of carbonyl (C=O) groups excluding carboxylic acids is 2. The molecule has 1 aliphatic carbocycles. The minimum atomic E-state index is -1.01. The Labute approximate surface area is 183 Å². The number of amides is 2. The van der Waals surface area contributed by atoms with Crippen LogP contribution < -0.4 is 10.2 Å². The first-order chi connectivity index (χ1) is 14.5. The summed E-state index contributed by atoms with van der Waals surface area (Å²) in [6.07, 6.45) is 5.50. The number of furan rings is 1. The van der Waals surface area contributed by atoms with Crippen molar-refractivity contribution < 1.29 is 14.0 Å². The predicted octanol–water partition coefficient (Wildman–Crippen LogP) is 4.54. The molecule has 1 fully saturated rings. The number of halogens is 1. The van der Waals surface area contributed by atoms with E-state index in [9.17, 15) is 9.59 Å². The van der Waals surface area contributed by atoms with E-state index in [0.29, 0.717) is 16.5 Å². The van der Waals surface area contributed by atoms with E-state index in [1.165, 1.54) is 11.2 Å². The molecule has 7 nitrogen and oxygen atoms in total. The fraction of sp³-hybridized carbons (Fsp3) is 0.333. The number of hydrogen-bond donors (Lipinski definition) is 1. The Bertz CT molecular complexity index is 1020. The summed E-state index contributed by atoms with van der Waals surface area (Å²) in [5, 5.41) is 9.03. The number of rotatable bonds is 6. The summed E-state index contributed by atoms with van der Waals surface area (Å²) >= 11 is 7.32. The lowest BCUT2D eigenvalue weighted by molar-refractivity contribution is -0.123. The Hall–Kier alpha value is -2.71. The summed E-state index contributed by atoms with van der Waals surface area (Å²) in [6.45, 7) is 1.86. The second-order valence-electron chi connectivity index (χ2n) is 7.30. The SMILES string of the molecule is Cc1ccc(Cl)cc1N(C(=O)c1csnn1)[C@@H](C(=O)NC1CCCC1)c1ccco1. The highest BCUT2D eigenvalue weighted by Gasteiger charge is 2.38. The first kappa shape index (κ1) is 20.6. The molecule has 156 valence electrons. The maximum absolute atomic E-state index is 13.5. The molecule has 9 heteroatoms. The molecule has 0 saturated heterocycles. The molecule has 1 saturated carbocycles. The van der Waals surface area contributed by atoms with Gasteiger partial charge in [-0.3, -0.25) is 14.5 Å². The first-order valence-electron chi connectivity index (χ1n) is 9.75. The maximum atomic E-state index is 13.5. The van der Waals surface area contributed by atoms with Gasteiger partial charge in [-0.05, 0) is 61.1 Å². The standard InChI is InChI=1S/C21H21ClN4O3S/c1-13-8-9-14(22)11-17(13)26(21(28)16-12-30-25-24-16)19(18-7-4-10-29-18)20(27)23-15-5-2-3-6-15/h4,7-12,15,19H,2-3,5-6H2,1H3,(H,23,27)/t19-/m1/s1. The van der Waals surface area contributed by atoms with Gasteiger partial charge in [-0.2, -0.15) is 0 Å². The minimum Gasteiger partial charge on any atom is -0.467 e. The highest BCUT2D eigenvalue weighted by Crippen LogP contribution is 2.34. The Morgan fingerprint density at radius 3 is 2.77 bits per heavy atom. The molecule has 0 unspecified atom stereocenters. The quantitative estimate of drug-likeness (QED) is 0.603. The third kappa shape index (κ3) is 4.24. The molecule has 0 bridgehead atoms. The maximum Gasteiger partial charge on any atom is 0.280 e. The Morgan fingerprint density at radius 1 is 1.30 bits per heavy atom. The number of benzene rings is 1. The highest BCUT2D eigenvalue weighted by atomic mass is 35.5. The van der Waals surface area contributed by atoms with Gasteiger partial charge in [0.15, 0.2) is 11.7 Å². The van der Waals surface area contributed by atoms with Crippen molar-refractivity contribution in [3.63, 3.8) is 0 Å². The zero-order chi connectivity index (χ0) is 21.1. The zero-order valence-corrected chi connectivity index (χ0v) is 17.9. The van der Waals surface area contributed by atoms with E-state index in [2.05, 4.69) is 14.9 Å². The predicted molar refractivity (Wildman–Crippen MR) is 115 cm³/mol. The smallest absolute Gasteiger partial charge is 0.280 e. The molecule has 2 aromatic heterocycles. The largest absolute Gasteiger partial charge is 0.467 e. The van der Waals surface area contributed by atoms with E-state index in [-0.39, 0.29) is 17.6 Å². The molecular weight excluding hydrogens is 424 g/mol. The summed E-state index contributed by atoms with van der Waals surface area (Å²) in [6, 6.07) is 7.70.